The summed E-state index contributed by atoms with van der Waals surface area (Å²) >= 11 is 0. The summed E-state index contributed by atoms with van der Waals surface area (Å²) in [6.45, 7) is 2.61. The summed E-state index contributed by atoms with van der Waals surface area (Å²) in [6, 6.07) is 0. The van der Waals surface area contributed by atoms with E-state index in [0.717, 1.165) is 45.2 Å². The van der Waals surface area contributed by atoms with E-state index in [-0.39, 0.29) is 5.91 Å². The molecule has 1 atom stereocenters. The van der Waals surface area contributed by atoms with Gasteiger partial charge in [0, 0.05) is 13.0 Å². The van der Waals surface area contributed by atoms with Gasteiger partial charge in [0.1, 0.15) is 0 Å². The number of piperidine rings is 1. The molecule has 1 aliphatic heterocycles. The maximum absolute atomic E-state index is 11.8. The highest BCUT2D eigenvalue weighted by Crippen LogP contribution is 2.27. The van der Waals surface area contributed by atoms with Gasteiger partial charge in [0.05, 0.1) is 5.60 Å². The minimum atomic E-state index is -0.639. The monoisotopic (exact) mass is 268 g/mol. The zero-order chi connectivity index (χ0) is 13.6. The van der Waals surface area contributed by atoms with Crippen molar-refractivity contribution in [2.75, 3.05) is 19.6 Å². The van der Waals surface area contributed by atoms with E-state index in [2.05, 4.69) is 10.6 Å². The number of rotatable bonds is 5. The van der Waals surface area contributed by atoms with Crippen molar-refractivity contribution in [3.8, 4) is 0 Å². The SMILES string of the molecule is O=C(CCC1CCCNC1)NCC1(O)CCCCC1. The predicted molar refractivity (Wildman–Crippen MR) is 75.9 cm³/mol. The molecule has 1 aliphatic carbocycles. The van der Waals surface area contributed by atoms with Crippen LogP contribution in [0.4, 0.5) is 0 Å². The fourth-order valence-corrected chi connectivity index (χ4v) is 3.24. The third-order valence-corrected chi connectivity index (χ3v) is 4.58. The molecule has 1 saturated heterocycles. The number of hydrogen-bond acceptors (Lipinski definition) is 3. The van der Waals surface area contributed by atoms with E-state index in [0.29, 0.717) is 18.9 Å². The fourth-order valence-electron chi connectivity index (χ4n) is 3.24. The molecule has 0 bridgehead atoms. The van der Waals surface area contributed by atoms with Crippen molar-refractivity contribution >= 4 is 5.91 Å². The molecule has 4 nitrogen and oxygen atoms in total. The Labute approximate surface area is 116 Å². The second-order valence-corrected chi connectivity index (χ2v) is 6.31. The smallest absolute Gasteiger partial charge is 0.220 e. The largest absolute Gasteiger partial charge is 0.388 e. The minimum Gasteiger partial charge on any atom is -0.388 e. The first-order chi connectivity index (χ1) is 9.18. The molecule has 0 radical (unpaired) electrons. The van der Waals surface area contributed by atoms with Gasteiger partial charge in [-0.05, 0) is 51.1 Å². The van der Waals surface area contributed by atoms with Crippen molar-refractivity contribution in [3.63, 3.8) is 0 Å². The van der Waals surface area contributed by atoms with Gasteiger partial charge >= 0.3 is 0 Å². The van der Waals surface area contributed by atoms with Crippen LogP contribution in [-0.2, 0) is 4.79 Å². The maximum atomic E-state index is 11.8. The third-order valence-electron chi connectivity index (χ3n) is 4.58. The number of amides is 1. The summed E-state index contributed by atoms with van der Waals surface area (Å²) in [5, 5.41) is 16.6. The van der Waals surface area contributed by atoms with Crippen LogP contribution in [0, 0.1) is 5.92 Å². The van der Waals surface area contributed by atoms with Crippen molar-refractivity contribution in [2.45, 2.75) is 63.4 Å². The van der Waals surface area contributed by atoms with Crippen LogP contribution in [0.1, 0.15) is 57.8 Å². The second-order valence-electron chi connectivity index (χ2n) is 6.31. The van der Waals surface area contributed by atoms with Gasteiger partial charge in [-0.1, -0.05) is 19.3 Å². The highest BCUT2D eigenvalue weighted by molar-refractivity contribution is 5.75. The number of aliphatic hydroxyl groups is 1. The molecule has 2 rings (SSSR count). The van der Waals surface area contributed by atoms with Gasteiger partial charge in [0.2, 0.25) is 5.91 Å². The molecule has 2 fully saturated rings. The maximum Gasteiger partial charge on any atom is 0.220 e. The molecule has 0 aromatic rings. The van der Waals surface area contributed by atoms with Gasteiger partial charge < -0.3 is 15.7 Å². The van der Waals surface area contributed by atoms with Crippen LogP contribution in [0.3, 0.4) is 0 Å². The van der Waals surface area contributed by atoms with Crippen LogP contribution in [-0.4, -0.2) is 36.2 Å². The van der Waals surface area contributed by atoms with Crippen LogP contribution in [0.15, 0.2) is 0 Å². The number of carbonyl (C=O) groups is 1. The summed E-state index contributed by atoms with van der Waals surface area (Å²) in [5.41, 5.74) is -0.639. The van der Waals surface area contributed by atoms with Crippen molar-refractivity contribution in [3.05, 3.63) is 0 Å². The van der Waals surface area contributed by atoms with Gasteiger partial charge in [0.25, 0.3) is 0 Å². The quantitative estimate of drug-likeness (QED) is 0.709. The Morgan fingerprint density at radius 3 is 2.74 bits per heavy atom. The highest BCUT2D eigenvalue weighted by Gasteiger charge is 2.29. The van der Waals surface area contributed by atoms with E-state index < -0.39 is 5.60 Å². The fraction of sp³-hybridized carbons (Fsp3) is 0.933. The molecule has 3 N–H and O–H groups in total. The minimum absolute atomic E-state index is 0.101. The van der Waals surface area contributed by atoms with E-state index in [1.165, 1.54) is 19.3 Å². The van der Waals surface area contributed by atoms with Crippen LogP contribution in [0.25, 0.3) is 0 Å². The lowest BCUT2D eigenvalue weighted by atomic mass is 9.85. The molecule has 1 amide bonds. The highest BCUT2D eigenvalue weighted by atomic mass is 16.3. The standard InChI is InChI=1S/C15H28N2O2/c18-14(7-6-13-5-4-10-16-11-13)17-12-15(19)8-2-1-3-9-15/h13,16,19H,1-12H2,(H,17,18). The van der Waals surface area contributed by atoms with E-state index in [9.17, 15) is 9.90 Å². The van der Waals surface area contributed by atoms with Crippen LogP contribution < -0.4 is 10.6 Å². The average Bonchev–Trinajstić information content (AvgIpc) is 2.45. The molecule has 2 aliphatic rings. The van der Waals surface area contributed by atoms with Crippen LogP contribution in [0.2, 0.25) is 0 Å². The molecular formula is C15H28N2O2. The average molecular weight is 268 g/mol. The molecule has 1 unspecified atom stereocenters. The predicted octanol–water partition coefficient (Wildman–Crippen LogP) is 1.58. The molecule has 0 aromatic heterocycles. The summed E-state index contributed by atoms with van der Waals surface area (Å²) in [6.07, 6.45) is 9.08. The Morgan fingerprint density at radius 1 is 1.26 bits per heavy atom. The molecule has 4 heteroatoms. The molecule has 0 spiro atoms. The van der Waals surface area contributed by atoms with Gasteiger partial charge in [-0.15, -0.1) is 0 Å². The second kappa shape index (κ2) is 7.25. The van der Waals surface area contributed by atoms with Gasteiger partial charge in [0.15, 0.2) is 0 Å². The molecule has 110 valence electrons. The molecule has 1 heterocycles. The normalized spacial score (nSPS) is 26.9. The van der Waals surface area contributed by atoms with Crippen molar-refractivity contribution in [1.29, 1.82) is 0 Å². The van der Waals surface area contributed by atoms with Crippen LogP contribution >= 0.6 is 0 Å². The lowest BCUT2D eigenvalue weighted by molar-refractivity contribution is -0.123. The van der Waals surface area contributed by atoms with E-state index >= 15 is 0 Å². The summed E-state index contributed by atoms with van der Waals surface area (Å²) in [5.74, 6) is 0.752. The molecule has 19 heavy (non-hydrogen) atoms. The van der Waals surface area contributed by atoms with E-state index in [1.54, 1.807) is 0 Å². The number of carbonyl (C=O) groups excluding carboxylic acids is 1. The Balaban J connectivity index is 1.61. The Bertz CT molecular complexity index is 282. The van der Waals surface area contributed by atoms with Crippen molar-refractivity contribution in [1.82, 2.24) is 10.6 Å². The molecular weight excluding hydrogens is 240 g/mol. The summed E-state index contributed by atoms with van der Waals surface area (Å²) in [7, 11) is 0. The van der Waals surface area contributed by atoms with Crippen molar-refractivity contribution < 1.29 is 9.90 Å². The number of nitrogens with one attached hydrogen (secondary N) is 2. The third kappa shape index (κ3) is 5.11. The Kier molecular flexibility index (Phi) is 5.64. The van der Waals surface area contributed by atoms with Gasteiger partial charge in [-0.3, -0.25) is 4.79 Å². The molecule has 1 saturated carbocycles. The first kappa shape index (κ1) is 14.8. The first-order valence-electron chi connectivity index (χ1n) is 7.88. The van der Waals surface area contributed by atoms with E-state index in [1.807, 2.05) is 0 Å². The number of hydrogen-bond donors (Lipinski definition) is 3. The zero-order valence-corrected chi connectivity index (χ0v) is 11.9. The lowest BCUT2D eigenvalue weighted by Gasteiger charge is -2.32. The summed E-state index contributed by atoms with van der Waals surface area (Å²) < 4.78 is 0. The summed E-state index contributed by atoms with van der Waals surface area (Å²) in [4.78, 5) is 11.8. The topological polar surface area (TPSA) is 61.4 Å². The van der Waals surface area contributed by atoms with Crippen molar-refractivity contribution in [2.24, 2.45) is 5.92 Å². The molecule has 0 aromatic carbocycles. The van der Waals surface area contributed by atoms with Gasteiger partial charge in [-0.2, -0.15) is 0 Å². The van der Waals surface area contributed by atoms with E-state index in [4.69, 9.17) is 0 Å². The first-order valence-corrected chi connectivity index (χ1v) is 7.88. The zero-order valence-electron chi connectivity index (χ0n) is 11.9. The van der Waals surface area contributed by atoms with Crippen LogP contribution in [0.5, 0.6) is 0 Å². The Morgan fingerprint density at radius 2 is 2.05 bits per heavy atom. The van der Waals surface area contributed by atoms with Gasteiger partial charge in [-0.25, -0.2) is 0 Å². The lowest BCUT2D eigenvalue weighted by Crippen LogP contribution is -2.44. The Hall–Kier alpha value is -0.610.